The summed E-state index contributed by atoms with van der Waals surface area (Å²) in [5.41, 5.74) is 2.04. The van der Waals surface area contributed by atoms with E-state index in [1.54, 1.807) is 26.2 Å². The van der Waals surface area contributed by atoms with E-state index in [9.17, 15) is 18.0 Å². The summed E-state index contributed by atoms with van der Waals surface area (Å²) < 4.78 is 44.2. The Labute approximate surface area is 189 Å². The van der Waals surface area contributed by atoms with Crippen molar-refractivity contribution >= 4 is 5.91 Å². The first kappa shape index (κ1) is 23.0. The number of benzene rings is 1. The molecule has 174 valence electrons. The molecule has 3 aromatic rings. The van der Waals surface area contributed by atoms with Crippen LogP contribution in [0.3, 0.4) is 0 Å². The molecule has 33 heavy (non-hydrogen) atoms. The van der Waals surface area contributed by atoms with Gasteiger partial charge in [0, 0.05) is 31.5 Å². The minimum Gasteiger partial charge on any atom is -0.361 e. The van der Waals surface area contributed by atoms with Crippen molar-refractivity contribution < 1.29 is 22.5 Å². The molecule has 1 saturated heterocycles. The molecule has 6 nitrogen and oxygen atoms in total. The molecule has 0 spiro atoms. The largest absolute Gasteiger partial charge is 0.416 e. The molecule has 3 heterocycles. The zero-order valence-electron chi connectivity index (χ0n) is 18.4. The Hall–Kier alpha value is -3.20. The van der Waals surface area contributed by atoms with Crippen LogP contribution < -0.4 is 5.32 Å². The van der Waals surface area contributed by atoms with Crippen LogP contribution in [0, 0.1) is 13.8 Å². The topological polar surface area (TPSA) is 71.3 Å². The van der Waals surface area contributed by atoms with E-state index in [2.05, 4.69) is 20.4 Å². The van der Waals surface area contributed by atoms with E-state index in [-0.39, 0.29) is 18.0 Å². The molecule has 0 radical (unpaired) electrons. The second-order valence-corrected chi connectivity index (χ2v) is 8.29. The van der Waals surface area contributed by atoms with Crippen molar-refractivity contribution in [1.29, 1.82) is 0 Å². The molecule has 0 saturated carbocycles. The molecule has 1 unspecified atom stereocenters. The van der Waals surface area contributed by atoms with Crippen molar-refractivity contribution in [2.45, 2.75) is 44.9 Å². The van der Waals surface area contributed by atoms with E-state index in [4.69, 9.17) is 4.52 Å². The highest BCUT2D eigenvalue weighted by molar-refractivity contribution is 5.96. The molecule has 1 N–H and O–H groups in total. The number of pyridine rings is 1. The molecule has 1 aliphatic rings. The van der Waals surface area contributed by atoms with Crippen LogP contribution in [0.15, 0.2) is 53.3 Å². The first-order valence-electron chi connectivity index (χ1n) is 10.8. The molecule has 0 aliphatic carbocycles. The number of aryl methyl sites for hydroxylation is 2. The summed E-state index contributed by atoms with van der Waals surface area (Å²) in [5, 5.41) is 6.90. The molecule has 2 aromatic heterocycles. The predicted octanol–water partition coefficient (Wildman–Crippen LogP) is 4.69. The number of carbonyl (C=O) groups is 1. The Morgan fingerprint density at radius 1 is 1.12 bits per heavy atom. The van der Waals surface area contributed by atoms with Gasteiger partial charge in [-0.25, -0.2) is 0 Å². The number of halogens is 3. The first-order valence-corrected chi connectivity index (χ1v) is 10.8. The number of carbonyl (C=O) groups excluding carboxylic acids is 1. The van der Waals surface area contributed by atoms with Crippen LogP contribution in [-0.2, 0) is 6.18 Å². The highest BCUT2D eigenvalue weighted by Crippen LogP contribution is 2.34. The Bertz CT molecular complexity index is 1070. The fourth-order valence-electron chi connectivity index (χ4n) is 4.37. The highest BCUT2D eigenvalue weighted by atomic mass is 19.4. The lowest BCUT2D eigenvalue weighted by atomic mass is 9.94. The monoisotopic (exact) mass is 458 g/mol. The molecule has 1 aliphatic heterocycles. The van der Waals surface area contributed by atoms with Gasteiger partial charge in [-0.1, -0.05) is 23.4 Å². The third kappa shape index (κ3) is 5.08. The number of amides is 1. The van der Waals surface area contributed by atoms with Gasteiger partial charge < -0.3 is 9.84 Å². The molecule has 1 amide bonds. The van der Waals surface area contributed by atoms with Crippen LogP contribution in [0.5, 0.6) is 0 Å². The van der Waals surface area contributed by atoms with Gasteiger partial charge in [0.25, 0.3) is 5.91 Å². The van der Waals surface area contributed by atoms with Crippen molar-refractivity contribution in [2.75, 3.05) is 13.1 Å². The zero-order valence-corrected chi connectivity index (χ0v) is 18.4. The van der Waals surface area contributed by atoms with Crippen molar-refractivity contribution in [2.24, 2.45) is 0 Å². The third-order valence-electron chi connectivity index (χ3n) is 6.04. The van der Waals surface area contributed by atoms with Gasteiger partial charge in [0.05, 0.1) is 17.3 Å². The smallest absolute Gasteiger partial charge is 0.361 e. The fraction of sp³-hybridized carbons (Fsp3) is 0.375. The molecule has 9 heteroatoms. The lowest BCUT2D eigenvalue weighted by molar-refractivity contribution is -0.137. The number of piperidine rings is 1. The molecule has 1 aromatic carbocycles. The van der Waals surface area contributed by atoms with Crippen LogP contribution >= 0.6 is 0 Å². The second kappa shape index (κ2) is 9.35. The maximum absolute atomic E-state index is 13.0. The molecule has 4 rings (SSSR count). The lowest BCUT2D eigenvalue weighted by Gasteiger charge is -2.38. The Morgan fingerprint density at radius 2 is 1.82 bits per heavy atom. The summed E-state index contributed by atoms with van der Waals surface area (Å²) in [6, 6.07) is 8.83. The predicted molar refractivity (Wildman–Crippen MR) is 116 cm³/mol. The molecular weight excluding hydrogens is 433 g/mol. The summed E-state index contributed by atoms with van der Waals surface area (Å²) in [4.78, 5) is 19.1. The number of alkyl halides is 3. The SMILES string of the molecule is Cc1noc(C)c1C(=O)NC1CCN(C(c2ccc(C(F)(F)F)cc2)c2cccnc2)CC1. The van der Waals surface area contributed by atoms with Gasteiger partial charge in [-0.05, 0) is 56.0 Å². The standard InChI is InChI=1S/C24H25F3N4O2/c1-15-21(16(2)33-30-15)23(32)29-20-9-12-31(13-10-20)22(18-4-3-11-28-14-18)17-5-7-19(8-6-17)24(25,26)27/h3-8,11,14,20,22H,9-10,12-13H2,1-2H3,(H,29,32). The van der Waals surface area contributed by atoms with Crippen molar-refractivity contribution in [1.82, 2.24) is 20.4 Å². The summed E-state index contributed by atoms with van der Waals surface area (Å²) in [6.45, 7) is 4.79. The zero-order chi connectivity index (χ0) is 23.6. The van der Waals surface area contributed by atoms with E-state index < -0.39 is 11.7 Å². The fourth-order valence-corrected chi connectivity index (χ4v) is 4.37. The van der Waals surface area contributed by atoms with Gasteiger partial charge in [-0.2, -0.15) is 13.2 Å². The van der Waals surface area contributed by atoms with E-state index >= 15 is 0 Å². The van der Waals surface area contributed by atoms with Gasteiger partial charge in [-0.15, -0.1) is 0 Å². The van der Waals surface area contributed by atoms with Gasteiger partial charge in [0.1, 0.15) is 11.3 Å². The van der Waals surface area contributed by atoms with Crippen LogP contribution in [0.2, 0.25) is 0 Å². The summed E-state index contributed by atoms with van der Waals surface area (Å²) in [5.74, 6) is 0.289. The summed E-state index contributed by atoms with van der Waals surface area (Å²) in [7, 11) is 0. The average molecular weight is 458 g/mol. The van der Waals surface area contributed by atoms with E-state index in [0.717, 1.165) is 23.3 Å². The Kier molecular flexibility index (Phi) is 6.51. The normalized spacial score (nSPS) is 16.5. The van der Waals surface area contributed by atoms with Gasteiger partial charge in [-0.3, -0.25) is 14.7 Å². The summed E-state index contributed by atoms with van der Waals surface area (Å²) >= 11 is 0. The minimum absolute atomic E-state index is 0.00963. The molecule has 0 bridgehead atoms. The van der Waals surface area contributed by atoms with Crippen LogP contribution in [0.25, 0.3) is 0 Å². The summed E-state index contributed by atoms with van der Waals surface area (Å²) in [6.07, 6.45) is 0.469. The van der Waals surface area contributed by atoms with Crippen molar-refractivity contribution in [3.8, 4) is 0 Å². The first-order chi connectivity index (χ1) is 15.7. The number of likely N-dealkylation sites (tertiary alicyclic amines) is 1. The number of rotatable bonds is 5. The maximum atomic E-state index is 13.0. The number of nitrogens with zero attached hydrogens (tertiary/aromatic N) is 3. The average Bonchev–Trinajstić information content (AvgIpc) is 3.13. The van der Waals surface area contributed by atoms with Gasteiger partial charge in [0.2, 0.25) is 0 Å². The van der Waals surface area contributed by atoms with Crippen molar-refractivity contribution in [3.05, 3.63) is 82.5 Å². The quantitative estimate of drug-likeness (QED) is 0.601. The molecule has 1 atom stereocenters. The number of hydrogen-bond acceptors (Lipinski definition) is 5. The van der Waals surface area contributed by atoms with E-state index in [1.807, 2.05) is 12.1 Å². The number of hydrogen-bond donors (Lipinski definition) is 1. The van der Waals surface area contributed by atoms with E-state index in [1.165, 1.54) is 12.1 Å². The third-order valence-corrected chi connectivity index (χ3v) is 6.04. The molecular formula is C24H25F3N4O2. The molecule has 1 fully saturated rings. The van der Waals surface area contributed by atoms with Gasteiger partial charge in [0.15, 0.2) is 0 Å². The Balaban J connectivity index is 1.49. The van der Waals surface area contributed by atoms with Crippen molar-refractivity contribution in [3.63, 3.8) is 0 Å². The van der Waals surface area contributed by atoms with Gasteiger partial charge >= 0.3 is 6.18 Å². The Morgan fingerprint density at radius 3 is 2.36 bits per heavy atom. The van der Waals surface area contributed by atoms with Crippen LogP contribution in [-0.4, -0.2) is 40.1 Å². The lowest BCUT2D eigenvalue weighted by Crippen LogP contribution is -2.46. The second-order valence-electron chi connectivity index (χ2n) is 8.29. The highest BCUT2D eigenvalue weighted by Gasteiger charge is 2.32. The number of nitrogens with one attached hydrogen (secondary N) is 1. The van der Waals surface area contributed by atoms with Crippen LogP contribution in [0.4, 0.5) is 13.2 Å². The van der Waals surface area contributed by atoms with E-state index in [0.29, 0.717) is 42.9 Å². The minimum atomic E-state index is -4.37. The van der Waals surface area contributed by atoms with Crippen LogP contribution in [0.1, 0.15) is 57.4 Å². The maximum Gasteiger partial charge on any atom is 0.416 e. The number of aromatic nitrogens is 2.